The van der Waals surface area contributed by atoms with Crippen LogP contribution < -0.4 is 10.1 Å². The van der Waals surface area contributed by atoms with Crippen LogP contribution in [-0.4, -0.2) is 19.1 Å². The molecular formula is C17H25NO2. The number of aryl methyl sites for hydroxylation is 1. The fourth-order valence-electron chi connectivity index (χ4n) is 3.01. The van der Waals surface area contributed by atoms with Crippen molar-refractivity contribution in [3.05, 3.63) is 29.3 Å². The summed E-state index contributed by atoms with van der Waals surface area (Å²) < 4.78 is 5.33. The maximum Gasteiger partial charge on any atom is 0.224 e. The highest BCUT2D eigenvalue weighted by Crippen LogP contribution is 2.24. The lowest BCUT2D eigenvalue weighted by atomic mass is 9.86. The van der Waals surface area contributed by atoms with Crippen LogP contribution in [0.4, 0.5) is 0 Å². The quantitative estimate of drug-likeness (QED) is 0.916. The van der Waals surface area contributed by atoms with Crippen molar-refractivity contribution in [1.29, 1.82) is 0 Å². The summed E-state index contributed by atoms with van der Waals surface area (Å²) in [5, 5.41) is 3.19. The van der Waals surface area contributed by atoms with Gasteiger partial charge < -0.3 is 10.1 Å². The standard InChI is InChI=1S/C17H25NO2/c1-12-8-9-16(20-3)14(10-12)11-17(19)18-15-7-5-4-6-13(15)2/h8-10,13,15H,4-7,11H2,1-3H3,(H,18,19)/t13-,15-/m1/s1. The summed E-state index contributed by atoms with van der Waals surface area (Å²) in [5.74, 6) is 1.49. The third-order valence-corrected chi connectivity index (χ3v) is 4.24. The normalized spacial score (nSPS) is 22.4. The SMILES string of the molecule is COc1ccc(C)cc1CC(=O)N[C@@H]1CCCC[C@H]1C. The number of methoxy groups -OCH3 is 1. The van der Waals surface area contributed by atoms with E-state index in [1.54, 1.807) is 7.11 Å². The molecule has 3 nitrogen and oxygen atoms in total. The number of rotatable bonds is 4. The van der Waals surface area contributed by atoms with E-state index in [1.807, 2.05) is 25.1 Å². The molecule has 1 fully saturated rings. The second-order valence-electron chi connectivity index (χ2n) is 5.93. The van der Waals surface area contributed by atoms with E-state index in [9.17, 15) is 4.79 Å². The molecule has 0 bridgehead atoms. The van der Waals surface area contributed by atoms with Gasteiger partial charge in [0.1, 0.15) is 5.75 Å². The van der Waals surface area contributed by atoms with Gasteiger partial charge in [-0.1, -0.05) is 37.5 Å². The lowest BCUT2D eigenvalue weighted by Gasteiger charge is -2.29. The fourth-order valence-corrected chi connectivity index (χ4v) is 3.01. The zero-order valence-corrected chi connectivity index (χ0v) is 12.7. The predicted molar refractivity (Wildman–Crippen MR) is 81.0 cm³/mol. The van der Waals surface area contributed by atoms with Crippen molar-refractivity contribution >= 4 is 5.91 Å². The van der Waals surface area contributed by atoms with Crippen molar-refractivity contribution in [3.63, 3.8) is 0 Å². The molecule has 1 aliphatic rings. The Morgan fingerprint density at radius 1 is 1.35 bits per heavy atom. The summed E-state index contributed by atoms with van der Waals surface area (Å²) >= 11 is 0. The number of nitrogens with one attached hydrogen (secondary N) is 1. The number of ether oxygens (including phenoxy) is 1. The Morgan fingerprint density at radius 2 is 2.10 bits per heavy atom. The van der Waals surface area contributed by atoms with Gasteiger partial charge in [0.2, 0.25) is 5.91 Å². The third-order valence-electron chi connectivity index (χ3n) is 4.24. The molecular weight excluding hydrogens is 250 g/mol. The van der Waals surface area contributed by atoms with Crippen LogP contribution in [0.25, 0.3) is 0 Å². The zero-order chi connectivity index (χ0) is 14.5. The molecule has 0 radical (unpaired) electrons. The number of benzene rings is 1. The van der Waals surface area contributed by atoms with E-state index in [0.29, 0.717) is 18.4 Å². The van der Waals surface area contributed by atoms with Gasteiger partial charge in [-0.3, -0.25) is 4.79 Å². The molecule has 3 heteroatoms. The van der Waals surface area contributed by atoms with Gasteiger partial charge in [0.05, 0.1) is 13.5 Å². The molecule has 0 heterocycles. The Morgan fingerprint density at radius 3 is 2.80 bits per heavy atom. The van der Waals surface area contributed by atoms with E-state index in [1.165, 1.54) is 19.3 Å². The Hall–Kier alpha value is -1.51. The number of hydrogen-bond donors (Lipinski definition) is 1. The van der Waals surface area contributed by atoms with Gasteiger partial charge in [0, 0.05) is 11.6 Å². The number of carbonyl (C=O) groups excluding carboxylic acids is 1. The van der Waals surface area contributed by atoms with Crippen molar-refractivity contribution in [2.45, 2.75) is 52.0 Å². The van der Waals surface area contributed by atoms with Gasteiger partial charge in [0.25, 0.3) is 0 Å². The Balaban J connectivity index is 1.99. The Labute approximate surface area is 121 Å². The molecule has 0 aromatic heterocycles. The minimum absolute atomic E-state index is 0.104. The van der Waals surface area contributed by atoms with Crippen molar-refractivity contribution in [1.82, 2.24) is 5.32 Å². The second-order valence-corrected chi connectivity index (χ2v) is 5.93. The molecule has 1 aromatic rings. The van der Waals surface area contributed by atoms with E-state index in [-0.39, 0.29) is 5.91 Å². The molecule has 20 heavy (non-hydrogen) atoms. The van der Waals surface area contributed by atoms with Gasteiger partial charge >= 0.3 is 0 Å². The van der Waals surface area contributed by atoms with Crippen LogP contribution in [0.15, 0.2) is 18.2 Å². The van der Waals surface area contributed by atoms with Crippen LogP contribution in [0.3, 0.4) is 0 Å². The van der Waals surface area contributed by atoms with Gasteiger partial charge in [0.15, 0.2) is 0 Å². The van der Waals surface area contributed by atoms with Crippen molar-refractivity contribution in [2.75, 3.05) is 7.11 Å². The summed E-state index contributed by atoms with van der Waals surface area (Å²) in [4.78, 5) is 12.2. The summed E-state index contributed by atoms with van der Waals surface area (Å²) in [6, 6.07) is 6.31. The number of amides is 1. The van der Waals surface area contributed by atoms with Gasteiger partial charge in [-0.25, -0.2) is 0 Å². The van der Waals surface area contributed by atoms with Gasteiger partial charge in [-0.15, -0.1) is 0 Å². The molecule has 1 N–H and O–H groups in total. The summed E-state index contributed by atoms with van der Waals surface area (Å²) in [6.45, 7) is 4.27. The topological polar surface area (TPSA) is 38.3 Å². The molecule has 0 spiro atoms. The highest BCUT2D eigenvalue weighted by atomic mass is 16.5. The summed E-state index contributed by atoms with van der Waals surface area (Å²) in [5.41, 5.74) is 2.12. The monoisotopic (exact) mass is 275 g/mol. The molecule has 1 saturated carbocycles. The molecule has 1 amide bonds. The first-order chi connectivity index (χ1) is 9.60. The maximum atomic E-state index is 12.2. The van der Waals surface area contributed by atoms with Crippen molar-refractivity contribution in [2.24, 2.45) is 5.92 Å². The molecule has 0 saturated heterocycles. The maximum absolute atomic E-state index is 12.2. The lowest BCUT2D eigenvalue weighted by molar-refractivity contribution is -0.121. The first kappa shape index (κ1) is 14.9. The smallest absolute Gasteiger partial charge is 0.224 e. The highest BCUT2D eigenvalue weighted by molar-refractivity contribution is 5.79. The van der Waals surface area contributed by atoms with Crippen molar-refractivity contribution < 1.29 is 9.53 Å². The Bertz CT molecular complexity index is 470. The number of carbonyl (C=O) groups is 1. The van der Waals surface area contributed by atoms with E-state index < -0.39 is 0 Å². The van der Waals surface area contributed by atoms with E-state index in [0.717, 1.165) is 23.3 Å². The van der Waals surface area contributed by atoms with Crippen LogP contribution in [0, 0.1) is 12.8 Å². The molecule has 110 valence electrons. The molecule has 2 rings (SSSR count). The largest absolute Gasteiger partial charge is 0.496 e. The van der Waals surface area contributed by atoms with E-state index >= 15 is 0 Å². The van der Waals surface area contributed by atoms with Crippen LogP contribution in [0.2, 0.25) is 0 Å². The fraction of sp³-hybridized carbons (Fsp3) is 0.588. The molecule has 0 aliphatic heterocycles. The molecule has 1 aromatic carbocycles. The number of hydrogen-bond acceptors (Lipinski definition) is 2. The summed E-state index contributed by atoms with van der Waals surface area (Å²) in [7, 11) is 1.65. The highest BCUT2D eigenvalue weighted by Gasteiger charge is 2.23. The van der Waals surface area contributed by atoms with Gasteiger partial charge in [-0.05, 0) is 31.7 Å². The second kappa shape index (κ2) is 6.78. The van der Waals surface area contributed by atoms with Crippen LogP contribution in [0.1, 0.15) is 43.7 Å². The van der Waals surface area contributed by atoms with E-state index in [4.69, 9.17) is 4.74 Å². The average molecular weight is 275 g/mol. The van der Waals surface area contributed by atoms with Gasteiger partial charge in [-0.2, -0.15) is 0 Å². The van der Waals surface area contributed by atoms with Crippen LogP contribution >= 0.6 is 0 Å². The minimum atomic E-state index is 0.104. The van der Waals surface area contributed by atoms with E-state index in [2.05, 4.69) is 12.2 Å². The first-order valence-corrected chi connectivity index (χ1v) is 7.53. The van der Waals surface area contributed by atoms with Crippen molar-refractivity contribution in [3.8, 4) is 5.75 Å². The van der Waals surface area contributed by atoms with Crippen LogP contribution in [0.5, 0.6) is 5.75 Å². The molecule has 1 aliphatic carbocycles. The predicted octanol–water partition coefficient (Wildman–Crippen LogP) is 3.24. The lowest BCUT2D eigenvalue weighted by Crippen LogP contribution is -2.41. The summed E-state index contributed by atoms with van der Waals surface area (Å²) in [6.07, 6.45) is 5.24. The first-order valence-electron chi connectivity index (χ1n) is 7.53. The third kappa shape index (κ3) is 3.75. The zero-order valence-electron chi connectivity index (χ0n) is 12.7. The minimum Gasteiger partial charge on any atom is -0.496 e. The molecule has 2 atom stereocenters. The Kier molecular flexibility index (Phi) is 5.05. The van der Waals surface area contributed by atoms with Crippen LogP contribution in [-0.2, 0) is 11.2 Å². The average Bonchev–Trinajstić information content (AvgIpc) is 2.41. The molecule has 0 unspecified atom stereocenters.